The van der Waals surface area contributed by atoms with Gasteiger partial charge in [0.2, 0.25) is 0 Å². The standard InChI is InChI=1S/C13H13NO3/c1-8-4-9-5-10(2-3-11(9)14-8)13(12(15)16)6-17-7-13/h2-5,14H,6-7H2,1H3,(H,15,16). The van der Waals surface area contributed by atoms with E-state index in [2.05, 4.69) is 4.98 Å². The molecule has 0 amide bonds. The van der Waals surface area contributed by atoms with E-state index in [9.17, 15) is 9.90 Å². The number of carboxylic acids is 1. The lowest BCUT2D eigenvalue weighted by Gasteiger charge is -2.37. The minimum atomic E-state index is -0.848. The normalized spacial score (nSPS) is 17.9. The van der Waals surface area contributed by atoms with Gasteiger partial charge in [-0.05, 0) is 36.1 Å². The highest BCUT2D eigenvalue weighted by Gasteiger charge is 2.47. The third-order valence-corrected chi connectivity index (χ3v) is 3.41. The van der Waals surface area contributed by atoms with Crippen LogP contribution >= 0.6 is 0 Å². The summed E-state index contributed by atoms with van der Waals surface area (Å²) in [7, 11) is 0. The van der Waals surface area contributed by atoms with Gasteiger partial charge >= 0.3 is 5.97 Å². The molecule has 1 aliphatic heterocycles. The Bertz CT molecular complexity index is 596. The molecule has 2 heterocycles. The van der Waals surface area contributed by atoms with E-state index in [-0.39, 0.29) is 13.2 Å². The summed E-state index contributed by atoms with van der Waals surface area (Å²) in [5.41, 5.74) is 2.08. The van der Waals surface area contributed by atoms with E-state index in [1.165, 1.54) is 0 Å². The van der Waals surface area contributed by atoms with Crippen molar-refractivity contribution in [3.05, 3.63) is 35.5 Å². The van der Waals surface area contributed by atoms with Crippen molar-refractivity contribution in [3.63, 3.8) is 0 Å². The molecule has 1 aliphatic rings. The lowest BCUT2D eigenvalue weighted by atomic mass is 9.78. The molecule has 1 aromatic heterocycles. The molecule has 2 aromatic rings. The summed E-state index contributed by atoms with van der Waals surface area (Å²) in [5, 5.41) is 10.4. The first-order valence-corrected chi connectivity index (χ1v) is 5.53. The molecule has 4 heteroatoms. The zero-order chi connectivity index (χ0) is 12.0. The maximum Gasteiger partial charge on any atom is 0.318 e. The molecule has 0 radical (unpaired) electrons. The maximum atomic E-state index is 11.4. The Morgan fingerprint density at radius 2 is 2.18 bits per heavy atom. The number of rotatable bonds is 2. The number of hydrogen-bond donors (Lipinski definition) is 2. The lowest BCUT2D eigenvalue weighted by molar-refractivity contribution is -0.163. The smallest absolute Gasteiger partial charge is 0.318 e. The number of fused-ring (bicyclic) bond motifs is 1. The van der Waals surface area contributed by atoms with Crippen LogP contribution in [0.4, 0.5) is 0 Å². The first-order chi connectivity index (χ1) is 8.12. The Kier molecular flexibility index (Phi) is 2.03. The summed E-state index contributed by atoms with van der Waals surface area (Å²) in [6.45, 7) is 2.51. The largest absolute Gasteiger partial charge is 0.480 e. The van der Waals surface area contributed by atoms with Crippen molar-refractivity contribution in [2.24, 2.45) is 0 Å². The molecule has 17 heavy (non-hydrogen) atoms. The zero-order valence-corrected chi connectivity index (χ0v) is 9.49. The van der Waals surface area contributed by atoms with Gasteiger partial charge in [0.1, 0.15) is 5.41 Å². The van der Waals surface area contributed by atoms with E-state index in [0.717, 1.165) is 22.2 Å². The van der Waals surface area contributed by atoms with Crippen LogP contribution in [0.1, 0.15) is 11.3 Å². The van der Waals surface area contributed by atoms with Crippen molar-refractivity contribution in [2.75, 3.05) is 13.2 Å². The molecule has 0 unspecified atom stereocenters. The molecule has 3 rings (SSSR count). The minimum Gasteiger partial charge on any atom is -0.480 e. The van der Waals surface area contributed by atoms with Crippen LogP contribution in [0.15, 0.2) is 24.3 Å². The van der Waals surface area contributed by atoms with E-state index >= 15 is 0 Å². The molecular formula is C13H13NO3. The van der Waals surface area contributed by atoms with Crippen LogP contribution in [0.2, 0.25) is 0 Å². The number of nitrogens with one attached hydrogen (secondary N) is 1. The highest BCUT2D eigenvalue weighted by Crippen LogP contribution is 2.34. The van der Waals surface area contributed by atoms with Crippen molar-refractivity contribution in [1.82, 2.24) is 4.98 Å². The van der Waals surface area contributed by atoms with Crippen molar-refractivity contribution < 1.29 is 14.6 Å². The number of aromatic amines is 1. The van der Waals surface area contributed by atoms with E-state index in [1.807, 2.05) is 31.2 Å². The van der Waals surface area contributed by atoms with Crippen LogP contribution < -0.4 is 0 Å². The fourth-order valence-electron chi connectivity index (χ4n) is 2.30. The Morgan fingerprint density at radius 3 is 2.76 bits per heavy atom. The summed E-state index contributed by atoms with van der Waals surface area (Å²) in [6, 6.07) is 7.76. The second kappa shape index (κ2) is 3.34. The first-order valence-electron chi connectivity index (χ1n) is 5.53. The number of carboxylic acid groups (broad SMARTS) is 1. The lowest BCUT2D eigenvalue weighted by Crippen LogP contribution is -2.53. The fourth-order valence-corrected chi connectivity index (χ4v) is 2.30. The molecule has 0 saturated carbocycles. The average molecular weight is 231 g/mol. The SMILES string of the molecule is Cc1cc2cc(C3(C(=O)O)COC3)ccc2[nH]1. The van der Waals surface area contributed by atoms with Crippen molar-refractivity contribution in [2.45, 2.75) is 12.3 Å². The number of benzene rings is 1. The summed E-state index contributed by atoms with van der Waals surface area (Å²) in [4.78, 5) is 14.6. The summed E-state index contributed by atoms with van der Waals surface area (Å²) in [5.74, 6) is -0.810. The molecule has 4 nitrogen and oxygen atoms in total. The second-order valence-electron chi connectivity index (χ2n) is 4.63. The molecule has 0 aliphatic carbocycles. The summed E-state index contributed by atoms with van der Waals surface area (Å²) < 4.78 is 5.08. The number of aliphatic carboxylic acids is 1. The number of ether oxygens (including phenoxy) is 1. The Balaban J connectivity index is 2.14. The quantitative estimate of drug-likeness (QED) is 0.828. The van der Waals surface area contributed by atoms with Gasteiger partial charge in [0, 0.05) is 11.2 Å². The van der Waals surface area contributed by atoms with Crippen LogP contribution in [0.25, 0.3) is 10.9 Å². The van der Waals surface area contributed by atoms with Gasteiger partial charge in [0.05, 0.1) is 13.2 Å². The predicted molar refractivity (Wildman–Crippen MR) is 63.2 cm³/mol. The third-order valence-electron chi connectivity index (χ3n) is 3.41. The monoisotopic (exact) mass is 231 g/mol. The van der Waals surface area contributed by atoms with Crippen molar-refractivity contribution in [1.29, 1.82) is 0 Å². The second-order valence-corrected chi connectivity index (χ2v) is 4.63. The van der Waals surface area contributed by atoms with Crippen LogP contribution in [-0.4, -0.2) is 29.3 Å². The Morgan fingerprint density at radius 1 is 1.41 bits per heavy atom. The van der Waals surface area contributed by atoms with Gasteiger partial charge in [-0.15, -0.1) is 0 Å². The number of aryl methyl sites for hydroxylation is 1. The minimum absolute atomic E-state index is 0.261. The van der Waals surface area contributed by atoms with E-state index in [4.69, 9.17) is 4.74 Å². The van der Waals surface area contributed by atoms with Gasteiger partial charge in [-0.1, -0.05) is 6.07 Å². The molecule has 1 aromatic carbocycles. The van der Waals surface area contributed by atoms with Gasteiger partial charge in [0.25, 0.3) is 0 Å². The van der Waals surface area contributed by atoms with Gasteiger partial charge in [-0.2, -0.15) is 0 Å². The molecule has 0 bridgehead atoms. The van der Waals surface area contributed by atoms with Crippen molar-refractivity contribution >= 4 is 16.9 Å². The van der Waals surface area contributed by atoms with E-state index in [0.29, 0.717) is 0 Å². The molecule has 2 N–H and O–H groups in total. The Labute approximate surface area is 98.2 Å². The maximum absolute atomic E-state index is 11.4. The molecule has 0 spiro atoms. The molecule has 0 atom stereocenters. The number of aromatic nitrogens is 1. The third kappa shape index (κ3) is 1.37. The predicted octanol–water partition coefficient (Wildman–Crippen LogP) is 1.83. The first kappa shape index (κ1) is 10.4. The highest BCUT2D eigenvalue weighted by molar-refractivity contribution is 5.87. The van der Waals surface area contributed by atoms with Crippen LogP contribution in [0.5, 0.6) is 0 Å². The fraction of sp³-hybridized carbons (Fsp3) is 0.308. The Hall–Kier alpha value is -1.81. The van der Waals surface area contributed by atoms with Crippen LogP contribution in [0.3, 0.4) is 0 Å². The van der Waals surface area contributed by atoms with Gasteiger partial charge in [0.15, 0.2) is 0 Å². The van der Waals surface area contributed by atoms with Crippen LogP contribution in [-0.2, 0) is 14.9 Å². The molecule has 88 valence electrons. The van der Waals surface area contributed by atoms with Gasteiger partial charge in [-0.3, -0.25) is 4.79 Å². The van der Waals surface area contributed by atoms with Gasteiger partial charge in [-0.25, -0.2) is 0 Å². The topological polar surface area (TPSA) is 62.3 Å². The number of carbonyl (C=O) groups is 1. The molecule has 1 saturated heterocycles. The zero-order valence-electron chi connectivity index (χ0n) is 9.49. The summed E-state index contributed by atoms with van der Waals surface area (Å²) >= 11 is 0. The average Bonchev–Trinajstić information content (AvgIpc) is 2.54. The van der Waals surface area contributed by atoms with E-state index in [1.54, 1.807) is 0 Å². The summed E-state index contributed by atoms with van der Waals surface area (Å²) in [6.07, 6.45) is 0. The highest BCUT2D eigenvalue weighted by atomic mass is 16.5. The number of H-pyrrole nitrogens is 1. The van der Waals surface area contributed by atoms with Gasteiger partial charge < -0.3 is 14.8 Å². The number of hydrogen-bond acceptors (Lipinski definition) is 2. The van der Waals surface area contributed by atoms with Crippen molar-refractivity contribution in [3.8, 4) is 0 Å². The molecule has 1 fully saturated rings. The van der Waals surface area contributed by atoms with Crippen LogP contribution in [0, 0.1) is 6.92 Å². The van der Waals surface area contributed by atoms with E-state index < -0.39 is 11.4 Å². The molecular weight excluding hydrogens is 218 g/mol.